The van der Waals surface area contributed by atoms with Gasteiger partial charge >= 0.3 is 0 Å². The van der Waals surface area contributed by atoms with Crippen molar-refractivity contribution in [2.75, 3.05) is 13.1 Å². The summed E-state index contributed by atoms with van der Waals surface area (Å²) in [6, 6.07) is 0. The van der Waals surface area contributed by atoms with E-state index in [0.29, 0.717) is 0 Å². The van der Waals surface area contributed by atoms with Crippen LogP contribution in [0.3, 0.4) is 0 Å². The molecule has 0 aromatic carbocycles. The minimum Gasteiger partial charge on any atom is -0.365 e. The number of aliphatic hydroxyl groups is 1. The third-order valence-corrected chi connectivity index (χ3v) is 2.58. The van der Waals surface area contributed by atoms with Crippen LogP contribution in [0.15, 0.2) is 0 Å². The fourth-order valence-electron chi connectivity index (χ4n) is 1.57. The molecule has 1 atom stereocenters. The first-order valence-corrected chi connectivity index (χ1v) is 5.90. The van der Waals surface area contributed by atoms with Gasteiger partial charge < -0.3 is 5.11 Å². The van der Waals surface area contributed by atoms with Crippen LogP contribution in [0.1, 0.15) is 52.4 Å². The van der Waals surface area contributed by atoms with Gasteiger partial charge in [0.05, 0.1) is 0 Å². The second-order valence-corrected chi connectivity index (χ2v) is 3.81. The third kappa shape index (κ3) is 7.30. The highest BCUT2D eigenvalue weighted by atomic mass is 16.3. The third-order valence-electron chi connectivity index (χ3n) is 2.58. The van der Waals surface area contributed by atoms with Crippen LogP contribution in [0.4, 0.5) is 0 Å². The van der Waals surface area contributed by atoms with E-state index in [1.807, 2.05) is 11.8 Å². The summed E-state index contributed by atoms with van der Waals surface area (Å²) in [5.41, 5.74) is 5.39. The topological polar surface area (TPSA) is 49.5 Å². The molecule has 0 radical (unpaired) electrons. The van der Waals surface area contributed by atoms with Gasteiger partial charge in [0.2, 0.25) is 0 Å². The Bertz CT molecular complexity index is 118. The van der Waals surface area contributed by atoms with E-state index in [9.17, 15) is 0 Å². The van der Waals surface area contributed by atoms with E-state index in [2.05, 4.69) is 6.92 Å². The average Bonchev–Trinajstić information content (AvgIpc) is 2.16. The molecule has 0 bridgehead atoms. The maximum atomic E-state index is 9.16. The Balaban J connectivity index is 3.25. The lowest BCUT2D eigenvalue weighted by Gasteiger charge is -2.22. The van der Waals surface area contributed by atoms with Gasteiger partial charge in [0.15, 0.2) is 6.35 Å². The highest BCUT2D eigenvalue weighted by Crippen LogP contribution is 2.06. The molecular weight excluding hydrogens is 176 g/mol. The van der Waals surface area contributed by atoms with Crippen molar-refractivity contribution in [1.82, 2.24) is 4.90 Å². The van der Waals surface area contributed by atoms with Gasteiger partial charge in [-0.1, -0.05) is 46.0 Å². The zero-order chi connectivity index (χ0) is 10.8. The maximum absolute atomic E-state index is 9.16. The molecule has 0 fully saturated rings. The van der Waals surface area contributed by atoms with Crippen LogP contribution in [0.2, 0.25) is 0 Å². The quantitative estimate of drug-likeness (QED) is 0.443. The van der Waals surface area contributed by atoms with Crippen LogP contribution < -0.4 is 5.73 Å². The van der Waals surface area contributed by atoms with Crippen LogP contribution in [0.5, 0.6) is 0 Å². The van der Waals surface area contributed by atoms with Gasteiger partial charge in [-0.3, -0.25) is 10.6 Å². The number of rotatable bonds is 9. The molecular formula is C11H26N2O. The van der Waals surface area contributed by atoms with Gasteiger partial charge in [-0.25, -0.2) is 0 Å². The maximum Gasteiger partial charge on any atom is 0.160 e. The molecule has 0 saturated heterocycles. The Labute approximate surface area is 88.3 Å². The zero-order valence-electron chi connectivity index (χ0n) is 9.71. The fraction of sp³-hybridized carbons (Fsp3) is 1.00. The van der Waals surface area contributed by atoms with Crippen molar-refractivity contribution in [2.45, 2.75) is 58.7 Å². The molecule has 0 aliphatic heterocycles. The Morgan fingerprint density at radius 2 is 1.64 bits per heavy atom. The molecule has 3 N–H and O–H groups in total. The monoisotopic (exact) mass is 202 g/mol. The van der Waals surface area contributed by atoms with Gasteiger partial charge in [-0.2, -0.15) is 0 Å². The van der Waals surface area contributed by atoms with E-state index < -0.39 is 6.35 Å². The van der Waals surface area contributed by atoms with Crippen LogP contribution in [-0.4, -0.2) is 29.4 Å². The lowest BCUT2D eigenvalue weighted by Crippen LogP contribution is -2.42. The number of hydrogen-bond acceptors (Lipinski definition) is 3. The highest BCUT2D eigenvalue weighted by Gasteiger charge is 2.06. The summed E-state index contributed by atoms with van der Waals surface area (Å²) in [5.74, 6) is 0. The first-order valence-electron chi connectivity index (χ1n) is 5.90. The summed E-state index contributed by atoms with van der Waals surface area (Å²) >= 11 is 0. The molecule has 0 spiro atoms. The second kappa shape index (κ2) is 9.44. The Kier molecular flexibility index (Phi) is 9.35. The van der Waals surface area contributed by atoms with Crippen LogP contribution in [0.25, 0.3) is 0 Å². The van der Waals surface area contributed by atoms with E-state index in [1.54, 1.807) is 0 Å². The standard InChI is InChI=1S/C11H26N2O/c1-3-5-6-7-8-9-10-13(4-2)11(12)14/h11,14H,3-10,12H2,1-2H3/t11-/m0/s1. The molecule has 3 nitrogen and oxygen atoms in total. The van der Waals surface area contributed by atoms with Gasteiger partial charge in [0, 0.05) is 6.54 Å². The minimum absolute atomic E-state index is 0.782. The van der Waals surface area contributed by atoms with Crippen molar-refractivity contribution >= 4 is 0 Å². The normalized spacial score (nSPS) is 13.5. The molecule has 0 heterocycles. The summed E-state index contributed by atoms with van der Waals surface area (Å²) in [6.07, 6.45) is 6.91. The number of nitrogens with zero attached hydrogens (tertiary/aromatic N) is 1. The summed E-state index contributed by atoms with van der Waals surface area (Å²) in [4.78, 5) is 1.89. The molecule has 0 amide bonds. The molecule has 14 heavy (non-hydrogen) atoms. The van der Waals surface area contributed by atoms with Gasteiger partial charge in [-0.05, 0) is 13.0 Å². The SMILES string of the molecule is CCCCCCCCN(CC)[C@H](N)O. The van der Waals surface area contributed by atoms with E-state index in [4.69, 9.17) is 10.8 Å². The van der Waals surface area contributed by atoms with E-state index in [0.717, 1.165) is 19.5 Å². The molecule has 0 aliphatic carbocycles. The summed E-state index contributed by atoms with van der Waals surface area (Å²) in [6.45, 7) is 5.99. The number of hydrogen-bond donors (Lipinski definition) is 2. The number of unbranched alkanes of at least 4 members (excludes halogenated alkanes) is 5. The predicted molar refractivity (Wildman–Crippen MR) is 60.8 cm³/mol. The van der Waals surface area contributed by atoms with E-state index in [-0.39, 0.29) is 0 Å². The first kappa shape index (κ1) is 13.9. The lowest BCUT2D eigenvalue weighted by molar-refractivity contribution is 0.0115. The van der Waals surface area contributed by atoms with Crippen molar-refractivity contribution in [3.63, 3.8) is 0 Å². The van der Waals surface area contributed by atoms with Crippen LogP contribution >= 0.6 is 0 Å². The van der Waals surface area contributed by atoms with Crippen molar-refractivity contribution in [3.8, 4) is 0 Å². The summed E-state index contributed by atoms with van der Waals surface area (Å²) in [7, 11) is 0. The Morgan fingerprint density at radius 1 is 1.07 bits per heavy atom. The first-order chi connectivity index (χ1) is 6.72. The molecule has 3 heteroatoms. The van der Waals surface area contributed by atoms with Crippen molar-refractivity contribution in [1.29, 1.82) is 0 Å². The number of nitrogens with two attached hydrogens (primary N) is 1. The zero-order valence-corrected chi connectivity index (χ0v) is 9.71. The minimum atomic E-state index is -0.782. The molecule has 0 aromatic heterocycles. The Hall–Kier alpha value is -0.120. The highest BCUT2D eigenvalue weighted by molar-refractivity contribution is 4.55. The summed E-state index contributed by atoms with van der Waals surface area (Å²) in [5, 5.41) is 9.16. The van der Waals surface area contributed by atoms with Crippen LogP contribution in [0, 0.1) is 0 Å². The van der Waals surface area contributed by atoms with Gasteiger partial charge in [0.1, 0.15) is 0 Å². The average molecular weight is 202 g/mol. The van der Waals surface area contributed by atoms with Crippen molar-refractivity contribution < 1.29 is 5.11 Å². The van der Waals surface area contributed by atoms with Crippen molar-refractivity contribution in [3.05, 3.63) is 0 Å². The van der Waals surface area contributed by atoms with Gasteiger partial charge in [-0.15, -0.1) is 0 Å². The largest absolute Gasteiger partial charge is 0.365 e. The van der Waals surface area contributed by atoms with E-state index >= 15 is 0 Å². The smallest absolute Gasteiger partial charge is 0.160 e. The number of aliphatic hydroxyl groups excluding tert-OH is 1. The van der Waals surface area contributed by atoms with Crippen LogP contribution in [-0.2, 0) is 0 Å². The Morgan fingerprint density at radius 3 is 2.14 bits per heavy atom. The molecule has 86 valence electrons. The van der Waals surface area contributed by atoms with Crippen molar-refractivity contribution in [2.24, 2.45) is 5.73 Å². The predicted octanol–water partition coefficient (Wildman–Crippen LogP) is 1.90. The molecule has 0 unspecified atom stereocenters. The van der Waals surface area contributed by atoms with E-state index in [1.165, 1.54) is 32.1 Å². The molecule has 0 aliphatic rings. The van der Waals surface area contributed by atoms with Gasteiger partial charge in [0.25, 0.3) is 0 Å². The summed E-state index contributed by atoms with van der Waals surface area (Å²) < 4.78 is 0. The molecule has 0 saturated carbocycles. The molecule has 0 rings (SSSR count). The fourth-order valence-corrected chi connectivity index (χ4v) is 1.57. The molecule has 0 aromatic rings. The lowest BCUT2D eigenvalue weighted by atomic mass is 10.1. The second-order valence-electron chi connectivity index (χ2n) is 3.81.